The Labute approximate surface area is 163 Å². The summed E-state index contributed by atoms with van der Waals surface area (Å²) in [6.07, 6.45) is 1.68. The van der Waals surface area contributed by atoms with Gasteiger partial charge in [-0.15, -0.1) is 0 Å². The van der Waals surface area contributed by atoms with Crippen LogP contribution in [0.15, 0.2) is 65.7 Å². The van der Waals surface area contributed by atoms with Crippen molar-refractivity contribution in [2.24, 2.45) is 0 Å². The zero-order chi connectivity index (χ0) is 16.6. The molecule has 1 aromatic heterocycles. The predicted octanol–water partition coefficient (Wildman–Crippen LogP) is 4.91. The van der Waals surface area contributed by atoms with Gasteiger partial charge in [0.15, 0.2) is 0 Å². The molecule has 0 atom stereocenters. The summed E-state index contributed by atoms with van der Waals surface area (Å²) in [5.41, 5.74) is 2.62. The molecule has 0 fully saturated rings. The first-order valence-corrected chi connectivity index (χ1v) is 10.4. The SMILES string of the molecule is Cc1ccc(S(=O)(=O)n2cc(I)c(I)c2-c2ccccc2)cc1. The maximum absolute atomic E-state index is 13.1. The van der Waals surface area contributed by atoms with Crippen LogP contribution in [0.25, 0.3) is 11.3 Å². The third kappa shape index (κ3) is 3.20. The van der Waals surface area contributed by atoms with Gasteiger partial charge in [-0.05, 0) is 64.2 Å². The second kappa shape index (κ2) is 6.56. The van der Waals surface area contributed by atoms with Crippen molar-refractivity contribution >= 4 is 55.2 Å². The monoisotopic (exact) mass is 549 g/mol. The van der Waals surface area contributed by atoms with Crippen LogP contribution in [0.5, 0.6) is 0 Å². The van der Waals surface area contributed by atoms with Crippen LogP contribution in [0.3, 0.4) is 0 Å². The number of benzene rings is 2. The van der Waals surface area contributed by atoms with E-state index in [0.29, 0.717) is 10.6 Å². The van der Waals surface area contributed by atoms with Crippen molar-refractivity contribution in [1.82, 2.24) is 3.97 Å². The summed E-state index contributed by atoms with van der Waals surface area (Å²) >= 11 is 4.37. The van der Waals surface area contributed by atoms with E-state index in [1.54, 1.807) is 18.3 Å². The first kappa shape index (κ1) is 17.0. The van der Waals surface area contributed by atoms with Gasteiger partial charge in [0.05, 0.1) is 14.2 Å². The van der Waals surface area contributed by atoms with Crippen molar-refractivity contribution < 1.29 is 8.42 Å². The van der Waals surface area contributed by atoms with Crippen LogP contribution in [0.1, 0.15) is 5.56 Å². The molecule has 0 amide bonds. The van der Waals surface area contributed by atoms with Crippen molar-refractivity contribution in [2.45, 2.75) is 11.8 Å². The summed E-state index contributed by atoms with van der Waals surface area (Å²) in [7, 11) is -3.63. The molecule has 3 nitrogen and oxygen atoms in total. The average molecular weight is 549 g/mol. The summed E-state index contributed by atoms with van der Waals surface area (Å²) in [5.74, 6) is 0. The van der Waals surface area contributed by atoms with Gasteiger partial charge in [-0.3, -0.25) is 0 Å². The lowest BCUT2D eigenvalue weighted by Gasteiger charge is -2.11. The minimum atomic E-state index is -3.63. The molecule has 0 aliphatic rings. The first-order valence-electron chi connectivity index (χ1n) is 6.85. The Morgan fingerprint density at radius 3 is 2.13 bits per heavy atom. The van der Waals surface area contributed by atoms with Gasteiger partial charge in [0, 0.05) is 15.3 Å². The Hall–Kier alpha value is -0.870. The van der Waals surface area contributed by atoms with E-state index in [4.69, 9.17) is 0 Å². The lowest BCUT2D eigenvalue weighted by atomic mass is 10.2. The van der Waals surface area contributed by atoms with Crippen molar-refractivity contribution in [1.29, 1.82) is 0 Å². The van der Waals surface area contributed by atoms with E-state index in [-0.39, 0.29) is 0 Å². The number of hydrogen-bond donors (Lipinski definition) is 0. The predicted molar refractivity (Wildman–Crippen MR) is 109 cm³/mol. The fraction of sp³-hybridized carbons (Fsp3) is 0.0588. The van der Waals surface area contributed by atoms with Crippen molar-refractivity contribution in [2.75, 3.05) is 0 Å². The molecule has 1 heterocycles. The third-order valence-corrected chi connectivity index (χ3v) is 8.11. The van der Waals surface area contributed by atoms with Crippen LogP contribution in [-0.2, 0) is 10.0 Å². The van der Waals surface area contributed by atoms with Crippen LogP contribution in [0.4, 0.5) is 0 Å². The zero-order valence-electron chi connectivity index (χ0n) is 12.2. The van der Waals surface area contributed by atoms with E-state index in [0.717, 1.165) is 18.3 Å². The Kier molecular flexibility index (Phi) is 4.84. The van der Waals surface area contributed by atoms with Gasteiger partial charge >= 0.3 is 0 Å². The summed E-state index contributed by atoms with van der Waals surface area (Å²) in [6, 6.07) is 16.5. The van der Waals surface area contributed by atoms with Crippen LogP contribution in [0, 0.1) is 14.1 Å². The van der Waals surface area contributed by atoms with Gasteiger partial charge in [0.1, 0.15) is 0 Å². The number of aromatic nitrogens is 1. The minimum absolute atomic E-state index is 0.295. The highest BCUT2D eigenvalue weighted by Gasteiger charge is 2.24. The summed E-state index contributed by atoms with van der Waals surface area (Å²) in [4.78, 5) is 0.295. The molecule has 23 heavy (non-hydrogen) atoms. The maximum Gasteiger partial charge on any atom is 0.268 e. The summed E-state index contributed by atoms with van der Waals surface area (Å²) in [6.45, 7) is 1.94. The topological polar surface area (TPSA) is 39.1 Å². The molecule has 0 saturated heterocycles. The Morgan fingerprint density at radius 2 is 1.52 bits per heavy atom. The second-order valence-electron chi connectivity index (χ2n) is 5.12. The van der Waals surface area contributed by atoms with Crippen LogP contribution in [0.2, 0.25) is 0 Å². The third-order valence-electron chi connectivity index (χ3n) is 3.49. The second-order valence-corrected chi connectivity index (χ2v) is 9.18. The van der Waals surface area contributed by atoms with Gasteiger partial charge in [0.25, 0.3) is 10.0 Å². The van der Waals surface area contributed by atoms with Crippen LogP contribution in [-0.4, -0.2) is 12.4 Å². The highest BCUT2D eigenvalue weighted by Crippen LogP contribution is 2.33. The van der Waals surface area contributed by atoms with E-state index in [9.17, 15) is 8.42 Å². The molecular weight excluding hydrogens is 536 g/mol. The van der Waals surface area contributed by atoms with Gasteiger partial charge in [-0.1, -0.05) is 48.0 Å². The van der Waals surface area contributed by atoms with Crippen molar-refractivity contribution in [3.8, 4) is 11.3 Å². The number of nitrogens with zero attached hydrogens (tertiary/aromatic N) is 1. The molecule has 6 heteroatoms. The number of aryl methyl sites for hydroxylation is 1. The van der Waals surface area contributed by atoms with Crippen LogP contribution >= 0.6 is 45.2 Å². The molecule has 0 bridgehead atoms. The van der Waals surface area contributed by atoms with Gasteiger partial charge in [-0.25, -0.2) is 12.4 Å². The molecule has 0 N–H and O–H groups in total. The maximum atomic E-state index is 13.1. The fourth-order valence-corrected chi connectivity index (χ4v) is 5.28. The Balaban J connectivity index is 2.25. The number of rotatable bonds is 3. The fourth-order valence-electron chi connectivity index (χ4n) is 2.30. The largest absolute Gasteiger partial charge is 0.268 e. The number of halogens is 2. The normalized spacial score (nSPS) is 11.6. The van der Waals surface area contributed by atoms with E-state index >= 15 is 0 Å². The molecule has 0 radical (unpaired) electrons. The Morgan fingerprint density at radius 1 is 0.913 bits per heavy atom. The summed E-state index contributed by atoms with van der Waals surface area (Å²) < 4.78 is 29.4. The smallest absolute Gasteiger partial charge is 0.239 e. The van der Waals surface area contributed by atoms with Crippen molar-refractivity contribution in [3.05, 3.63) is 73.5 Å². The van der Waals surface area contributed by atoms with Gasteiger partial charge < -0.3 is 0 Å². The molecule has 0 aliphatic carbocycles. The first-order chi connectivity index (χ1) is 10.9. The lowest BCUT2D eigenvalue weighted by molar-refractivity contribution is 0.588. The standard InChI is InChI=1S/C17H13I2NO2S/c1-12-7-9-14(10-8-12)23(21,22)20-11-15(18)16(19)17(20)13-5-3-2-4-6-13/h2-11H,1H3. The van der Waals surface area contributed by atoms with Gasteiger partial charge in [-0.2, -0.15) is 0 Å². The highest BCUT2D eigenvalue weighted by molar-refractivity contribution is 14.1. The summed E-state index contributed by atoms with van der Waals surface area (Å²) in [5, 5.41) is 0. The molecule has 2 aromatic carbocycles. The molecular formula is C17H13I2NO2S. The minimum Gasteiger partial charge on any atom is -0.239 e. The van der Waals surface area contributed by atoms with Gasteiger partial charge in [0.2, 0.25) is 0 Å². The van der Waals surface area contributed by atoms with E-state index in [1.165, 1.54) is 3.97 Å². The number of hydrogen-bond acceptors (Lipinski definition) is 2. The average Bonchev–Trinajstić information content (AvgIpc) is 2.85. The molecule has 0 unspecified atom stereocenters. The zero-order valence-corrected chi connectivity index (χ0v) is 17.3. The van der Waals surface area contributed by atoms with E-state index < -0.39 is 10.0 Å². The van der Waals surface area contributed by atoms with E-state index in [2.05, 4.69) is 45.2 Å². The quantitative estimate of drug-likeness (QED) is 0.436. The Bertz CT molecular complexity index is 946. The van der Waals surface area contributed by atoms with Crippen LogP contribution < -0.4 is 0 Å². The highest BCUT2D eigenvalue weighted by atomic mass is 127. The molecule has 3 aromatic rings. The van der Waals surface area contributed by atoms with Crippen molar-refractivity contribution in [3.63, 3.8) is 0 Å². The molecule has 3 rings (SSSR count). The molecule has 0 aliphatic heterocycles. The lowest BCUT2D eigenvalue weighted by Crippen LogP contribution is -2.13. The van der Waals surface area contributed by atoms with E-state index in [1.807, 2.05) is 49.4 Å². The molecule has 0 saturated carbocycles. The molecule has 118 valence electrons. The molecule has 0 spiro atoms.